The monoisotopic (exact) mass is 241 g/mol. The molecule has 0 heterocycles. The molecule has 0 atom stereocenters. The molecule has 0 aromatic heterocycles. The molecule has 2 nitrogen and oxygen atoms in total. The highest BCUT2D eigenvalue weighted by Crippen LogP contribution is 2.31. The number of phenols is 1. The Morgan fingerprint density at radius 2 is 1.78 bits per heavy atom. The second kappa shape index (κ2) is 5.23. The summed E-state index contributed by atoms with van der Waals surface area (Å²) >= 11 is 0. The highest BCUT2D eigenvalue weighted by atomic mass is 16.3. The number of nitrogens with two attached hydrogens (primary N) is 1. The van der Waals surface area contributed by atoms with Crippen molar-refractivity contribution in [2.45, 2.75) is 20.3 Å². The Morgan fingerprint density at radius 3 is 2.44 bits per heavy atom. The summed E-state index contributed by atoms with van der Waals surface area (Å²) in [6, 6.07) is 11.9. The molecule has 2 aromatic carbocycles. The Kier molecular flexibility index (Phi) is 3.68. The van der Waals surface area contributed by atoms with Gasteiger partial charge in [0.2, 0.25) is 0 Å². The van der Waals surface area contributed by atoms with E-state index < -0.39 is 0 Å². The third-order valence-electron chi connectivity index (χ3n) is 3.31. The molecule has 0 aliphatic heterocycles. The van der Waals surface area contributed by atoms with Gasteiger partial charge in [-0.1, -0.05) is 24.3 Å². The summed E-state index contributed by atoms with van der Waals surface area (Å²) in [5.41, 5.74) is 11.1. The highest BCUT2D eigenvalue weighted by molar-refractivity contribution is 5.71. The van der Waals surface area contributed by atoms with Crippen molar-refractivity contribution in [3.8, 4) is 16.9 Å². The number of phenolic OH excluding ortho intramolecular Hbond substituents is 1. The third-order valence-corrected chi connectivity index (χ3v) is 3.31. The summed E-state index contributed by atoms with van der Waals surface area (Å²) in [4.78, 5) is 0. The Labute approximate surface area is 108 Å². The minimum absolute atomic E-state index is 0.319. The van der Waals surface area contributed by atoms with Gasteiger partial charge in [0.15, 0.2) is 0 Å². The first-order valence-corrected chi connectivity index (χ1v) is 6.21. The lowest BCUT2D eigenvalue weighted by Gasteiger charge is -2.09. The molecule has 0 radical (unpaired) electrons. The average Bonchev–Trinajstić information content (AvgIpc) is 2.35. The van der Waals surface area contributed by atoms with Crippen LogP contribution in [0.4, 0.5) is 0 Å². The smallest absolute Gasteiger partial charge is 0.123 e. The lowest BCUT2D eigenvalue weighted by Crippen LogP contribution is -2.02. The molecule has 0 aliphatic rings. The van der Waals surface area contributed by atoms with Crippen molar-refractivity contribution in [2.24, 2.45) is 5.73 Å². The van der Waals surface area contributed by atoms with Crippen LogP contribution in [0.5, 0.6) is 5.75 Å². The molecule has 0 spiro atoms. The van der Waals surface area contributed by atoms with E-state index in [2.05, 4.69) is 26.0 Å². The molecular formula is C16H19NO. The standard InChI is InChI=1S/C16H19NO/c1-11-3-5-14(9-12(11)2)15-10-13(7-8-17)4-6-16(15)18/h3-6,9-10,18H,7-8,17H2,1-2H3. The van der Waals surface area contributed by atoms with E-state index >= 15 is 0 Å². The van der Waals surface area contributed by atoms with Crippen molar-refractivity contribution >= 4 is 0 Å². The Hall–Kier alpha value is -1.80. The zero-order chi connectivity index (χ0) is 13.1. The summed E-state index contributed by atoms with van der Waals surface area (Å²) in [5.74, 6) is 0.319. The van der Waals surface area contributed by atoms with Crippen molar-refractivity contribution in [2.75, 3.05) is 6.54 Å². The van der Waals surface area contributed by atoms with Crippen LogP contribution in [0.15, 0.2) is 36.4 Å². The van der Waals surface area contributed by atoms with Crippen LogP contribution in [0.1, 0.15) is 16.7 Å². The molecule has 2 heteroatoms. The predicted octanol–water partition coefficient (Wildman–Crippen LogP) is 3.18. The van der Waals surface area contributed by atoms with Crippen LogP contribution in [0.3, 0.4) is 0 Å². The van der Waals surface area contributed by atoms with Crippen molar-refractivity contribution < 1.29 is 5.11 Å². The maximum atomic E-state index is 9.99. The number of aromatic hydroxyl groups is 1. The van der Waals surface area contributed by atoms with Gasteiger partial charge in [-0.3, -0.25) is 0 Å². The van der Waals surface area contributed by atoms with E-state index in [1.54, 1.807) is 6.07 Å². The molecule has 94 valence electrons. The molecule has 0 bridgehead atoms. The van der Waals surface area contributed by atoms with Gasteiger partial charge in [-0.15, -0.1) is 0 Å². The molecule has 2 rings (SSSR count). The normalized spacial score (nSPS) is 10.6. The molecule has 0 saturated carbocycles. The Morgan fingerprint density at radius 1 is 1.00 bits per heavy atom. The Balaban J connectivity index is 2.48. The summed E-state index contributed by atoms with van der Waals surface area (Å²) in [7, 11) is 0. The largest absolute Gasteiger partial charge is 0.507 e. The van der Waals surface area contributed by atoms with E-state index in [0.29, 0.717) is 12.3 Å². The van der Waals surface area contributed by atoms with Crippen molar-refractivity contribution in [1.29, 1.82) is 0 Å². The fourth-order valence-electron chi connectivity index (χ4n) is 2.05. The summed E-state index contributed by atoms with van der Waals surface area (Å²) in [6.07, 6.45) is 0.831. The van der Waals surface area contributed by atoms with Gasteiger partial charge in [0.1, 0.15) is 5.75 Å². The van der Waals surface area contributed by atoms with Gasteiger partial charge >= 0.3 is 0 Å². The minimum atomic E-state index is 0.319. The second-order valence-electron chi connectivity index (χ2n) is 4.69. The molecule has 0 unspecified atom stereocenters. The quantitative estimate of drug-likeness (QED) is 0.867. The van der Waals surface area contributed by atoms with E-state index in [1.165, 1.54) is 11.1 Å². The predicted molar refractivity (Wildman–Crippen MR) is 75.8 cm³/mol. The highest BCUT2D eigenvalue weighted by Gasteiger charge is 2.06. The maximum Gasteiger partial charge on any atom is 0.123 e. The number of aryl methyl sites for hydroxylation is 2. The lowest BCUT2D eigenvalue weighted by molar-refractivity contribution is 0.477. The van der Waals surface area contributed by atoms with E-state index in [1.807, 2.05) is 18.2 Å². The number of hydrogen-bond donors (Lipinski definition) is 2. The molecule has 0 amide bonds. The molecule has 0 saturated heterocycles. The molecular weight excluding hydrogens is 222 g/mol. The van der Waals surface area contributed by atoms with Gasteiger partial charge in [0.25, 0.3) is 0 Å². The zero-order valence-electron chi connectivity index (χ0n) is 10.9. The van der Waals surface area contributed by atoms with Crippen LogP contribution < -0.4 is 5.73 Å². The first-order chi connectivity index (χ1) is 8.61. The van der Waals surface area contributed by atoms with Crippen LogP contribution >= 0.6 is 0 Å². The third kappa shape index (κ3) is 2.54. The maximum absolute atomic E-state index is 9.99. The topological polar surface area (TPSA) is 46.2 Å². The lowest BCUT2D eigenvalue weighted by atomic mass is 9.97. The van der Waals surface area contributed by atoms with E-state index in [4.69, 9.17) is 5.73 Å². The number of benzene rings is 2. The van der Waals surface area contributed by atoms with Gasteiger partial charge in [0, 0.05) is 5.56 Å². The fraction of sp³-hybridized carbons (Fsp3) is 0.250. The molecule has 2 aromatic rings. The van der Waals surface area contributed by atoms with Crippen molar-refractivity contribution in [3.05, 3.63) is 53.1 Å². The summed E-state index contributed by atoms with van der Waals surface area (Å²) in [6.45, 7) is 4.79. The molecule has 0 fully saturated rings. The molecule has 0 aliphatic carbocycles. The minimum Gasteiger partial charge on any atom is -0.507 e. The van der Waals surface area contributed by atoms with Crippen molar-refractivity contribution in [3.63, 3.8) is 0 Å². The van der Waals surface area contributed by atoms with Crippen LogP contribution in [0.2, 0.25) is 0 Å². The van der Waals surface area contributed by atoms with Crippen LogP contribution in [-0.4, -0.2) is 11.7 Å². The first kappa shape index (κ1) is 12.7. The summed E-state index contributed by atoms with van der Waals surface area (Å²) in [5, 5.41) is 9.99. The first-order valence-electron chi connectivity index (χ1n) is 6.21. The Bertz CT molecular complexity index is 561. The van der Waals surface area contributed by atoms with Gasteiger partial charge < -0.3 is 10.8 Å². The van der Waals surface area contributed by atoms with E-state index in [-0.39, 0.29) is 0 Å². The number of rotatable bonds is 3. The molecule has 18 heavy (non-hydrogen) atoms. The van der Waals surface area contributed by atoms with Crippen molar-refractivity contribution in [1.82, 2.24) is 0 Å². The fourth-order valence-corrected chi connectivity index (χ4v) is 2.05. The van der Waals surface area contributed by atoms with Crippen LogP contribution in [0.25, 0.3) is 11.1 Å². The SMILES string of the molecule is Cc1ccc(-c2cc(CCN)ccc2O)cc1C. The van der Waals surface area contributed by atoms with Gasteiger partial charge in [-0.2, -0.15) is 0 Å². The van der Waals surface area contributed by atoms with Gasteiger partial charge in [-0.05, 0) is 61.2 Å². The van der Waals surface area contributed by atoms with Gasteiger partial charge in [-0.25, -0.2) is 0 Å². The average molecular weight is 241 g/mol. The number of hydrogen-bond acceptors (Lipinski definition) is 2. The summed E-state index contributed by atoms with van der Waals surface area (Å²) < 4.78 is 0. The van der Waals surface area contributed by atoms with Crippen LogP contribution in [0, 0.1) is 13.8 Å². The van der Waals surface area contributed by atoms with Gasteiger partial charge in [0.05, 0.1) is 0 Å². The van der Waals surface area contributed by atoms with E-state index in [0.717, 1.165) is 23.1 Å². The second-order valence-corrected chi connectivity index (χ2v) is 4.69. The van der Waals surface area contributed by atoms with Crippen LogP contribution in [-0.2, 0) is 6.42 Å². The molecule has 3 N–H and O–H groups in total. The zero-order valence-corrected chi connectivity index (χ0v) is 10.9. The van der Waals surface area contributed by atoms with E-state index in [9.17, 15) is 5.11 Å².